The Hall–Kier alpha value is -3.79. The molecule has 0 saturated heterocycles. The van der Waals surface area contributed by atoms with E-state index in [-0.39, 0.29) is 17.4 Å². The van der Waals surface area contributed by atoms with Gasteiger partial charge in [-0.2, -0.15) is 0 Å². The average Bonchev–Trinajstić information content (AvgIpc) is 3.11. The molecule has 2 aromatic carbocycles. The number of anilines is 1. The number of methoxy groups -OCH3 is 3. The number of aliphatic carboxylic acids is 1. The number of aryl methyl sites for hydroxylation is 1. The Kier molecular flexibility index (Phi) is 9.35. The molecule has 0 heterocycles. The fourth-order valence-corrected chi connectivity index (χ4v) is 4.69. The molecule has 2 aromatic rings. The van der Waals surface area contributed by atoms with Crippen molar-refractivity contribution in [3.8, 4) is 28.4 Å². The van der Waals surface area contributed by atoms with Gasteiger partial charge in [-0.3, -0.25) is 14.4 Å². The predicted molar refractivity (Wildman–Crippen MR) is 141 cm³/mol. The second-order valence-corrected chi connectivity index (χ2v) is 8.96. The van der Waals surface area contributed by atoms with Crippen molar-refractivity contribution in [3.63, 3.8) is 0 Å². The first kappa shape index (κ1) is 27.8. The molecule has 1 aliphatic carbocycles. The molecule has 1 amide bonds. The lowest BCUT2D eigenvalue weighted by Gasteiger charge is -2.19. The van der Waals surface area contributed by atoms with Gasteiger partial charge in [0.25, 0.3) is 0 Å². The number of hydrogen-bond acceptors (Lipinski definition) is 8. The smallest absolute Gasteiger partial charge is 0.320 e. The van der Waals surface area contributed by atoms with Crippen LogP contribution in [-0.4, -0.2) is 50.9 Å². The van der Waals surface area contributed by atoms with Crippen LogP contribution in [0.25, 0.3) is 11.1 Å². The summed E-state index contributed by atoms with van der Waals surface area (Å²) >= 11 is 0. The van der Waals surface area contributed by atoms with Crippen LogP contribution in [-0.2, 0) is 16.0 Å². The highest BCUT2D eigenvalue weighted by Gasteiger charge is 2.29. The van der Waals surface area contributed by atoms with Gasteiger partial charge in [-0.05, 0) is 67.0 Å². The summed E-state index contributed by atoms with van der Waals surface area (Å²) in [6.45, 7) is 1.94. The number of nitrogens with one attached hydrogen (secondary N) is 2. The van der Waals surface area contributed by atoms with E-state index in [9.17, 15) is 14.4 Å². The maximum absolute atomic E-state index is 13.2. The number of benzene rings is 1. The monoisotopic (exact) mass is 513 g/mol. The van der Waals surface area contributed by atoms with E-state index in [2.05, 4.69) is 10.6 Å². The van der Waals surface area contributed by atoms with Crippen molar-refractivity contribution in [2.45, 2.75) is 51.1 Å². The van der Waals surface area contributed by atoms with Crippen LogP contribution in [0, 0.1) is 0 Å². The summed E-state index contributed by atoms with van der Waals surface area (Å²) in [5.74, 6) is 0.252. The second-order valence-electron chi connectivity index (χ2n) is 8.96. The Balaban J connectivity index is 2.06. The number of carboxylic acids is 1. The summed E-state index contributed by atoms with van der Waals surface area (Å²) in [5.41, 5.74) is 8.91. The lowest BCUT2D eigenvalue weighted by Crippen LogP contribution is -2.29. The standard InChI is InChI=1S/C27H35N3O7/c1-15(31)30-20-10-8-16-13-23(35-2)25(36-3)26(37-4)24(16)17-9-11-21(22(32)14-18(17)20)29-12-6-5-7-19(28)27(33)34/h9,11,13-14,19-20H,5-8,10,12,28H2,1-4H3,(H,29,32)(H,30,31)(H,33,34)/t19-,20+/m1/s1. The molecule has 3 rings (SSSR count). The van der Waals surface area contributed by atoms with E-state index >= 15 is 0 Å². The summed E-state index contributed by atoms with van der Waals surface area (Å²) in [4.78, 5) is 36.2. The number of carbonyl (C=O) groups is 2. The van der Waals surface area contributed by atoms with Crippen molar-refractivity contribution in [2.24, 2.45) is 5.73 Å². The maximum atomic E-state index is 13.2. The fourth-order valence-electron chi connectivity index (χ4n) is 4.69. The summed E-state index contributed by atoms with van der Waals surface area (Å²) in [6, 6.07) is 5.77. The van der Waals surface area contributed by atoms with E-state index in [1.54, 1.807) is 26.4 Å². The molecule has 0 saturated carbocycles. The highest BCUT2D eigenvalue weighted by Crippen LogP contribution is 2.50. The third-order valence-corrected chi connectivity index (χ3v) is 6.49. The van der Waals surface area contributed by atoms with Crippen molar-refractivity contribution in [3.05, 3.63) is 45.6 Å². The van der Waals surface area contributed by atoms with E-state index in [0.29, 0.717) is 67.1 Å². The Morgan fingerprint density at radius 3 is 2.46 bits per heavy atom. The first-order valence-corrected chi connectivity index (χ1v) is 12.2. The van der Waals surface area contributed by atoms with Gasteiger partial charge < -0.3 is 35.7 Å². The molecule has 0 bridgehead atoms. The van der Waals surface area contributed by atoms with E-state index in [4.69, 9.17) is 25.1 Å². The van der Waals surface area contributed by atoms with Crippen molar-refractivity contribution in [1.29, 1.82) is 0 Å². The van der Waals surface area contributed by atoms with Gasteiger partial charge in [0, 0.05) is 19.0 Å². The van der Waals surface area contributed by atoms with E-state index in [1.807, 2.05) is 12.1 Å². The van der Waals surface area contributed by atoms with Gasteiger partial charge in [-0.15, -0.1) is 0 Å². The highest BCUT2D eigenvalue weighted by atomic mass is 16.5. The zero-order chi connectivity index (χ0) is 27.1. The molecule has 5 N–H and O–H groups in total. The number of rotatable bonds is 11. The zero-order valence-electron chi connectivity index (χ0n) is 21.7. The van der Waals surface area contributed by atoms with E-state index in [1.165, 1.54) is 14.0 Å². The van der Waals surface area contributed by atoms with Crippen LogP contribution < -0.4 is 36.0 Å². The minimum absolute atomic E-state index is 0.194. The van der Waals surface area contributed by atoms with Gasteiger partial charge in [0.15, 0.2) is 11.5 Å². The molecular weight excluding hydrogens is 478 g/mol. The molecule has 10 heteroatoms. The Morgan fingerprint density at radius 2 is 1.84 bits per heavy atom. The minimum atomic E-state index is -1.02. The molecule has 1 aliphatic rings. The molecule has 37 heavy (non-hydrogen) atoms. The lowest BCUT2D eigenvalue weighted by molar-refractivity contribution is -0.138. The maximum Gasteiger partial charge on any atom is 0.320 e. The minimum Gasteiger partial charge on any atom is -0.493 e. The van der Waals surface area contributed by atoms with Crippen LogP contribution in [0.5, 0.6) is 17.2 Å². The van der Waals surface area contributed by atoms with E-state index in [0.717, 1.165) is 16.7 Å². The molecular formula is C27H35N3O7. The number of amides is 1. The van der Waals surface area contributed by atoms with Gasteiger partial charge in [0.2, 0.25) is 17.1 Å². The van der Waals surface area contributed by atoms with Gasteiger partial charge in [-0.25, -0.2) is 0 Å². The molecule has 0 aromatic heterocycles. The van der Waals surface area contributed by atoms with Gasteiger partial charge in [-0.1, -0.05) is 6.07 Å². The molecule has 0 spiro atoms. The first-order valence-electron chi connectivity index (χ1n) is 12.2. The highest BCUT2D eigenvalue weighted by molar-refractivity contribution is 5.83. The largest absolute Gasteiger partial charge is 0.493 e. The number of ether oxygens (including phenoxy) is 3. The lowest BCUT2D eigenvalue weighted by atomic mass is 9.95. The third kappa shape index (κ3) is 6.32. The number of fused-ring (bicyclic) bond motifs is 3. The second kappa shape index (κ2) is 12.4. The molecule has 0 aliphatic heterocycles. The van der Waals surface area contributed by atoms with Gasteiger partial charge in [0.1, 0.15) is 6.04 Å². The van der Waals surface area contributed by atoms with E-state index < -0.39 is 12.0 Å². The average molecular weight is 514 g/mol. The van der Waals surface area contributed by atoms with Crippen LogP contribution in [0.2, 0.25) is 0 Å². The number of nitrogens with two attached hydrogens (primary N) is 1. The summed E-state index contributed by atoms with van der Waals surface area (Å²) in [6.07, 6.45) is 2.82. The quantitative estimate of drug-likeness (QED) is 0.333. The molecule has 0 fully saturated rings. The summed E-state index contributed by atoms with van der Waals surface area (Å²) < 4.78 is 16.9. The topological polar surface area (TPSA) is 149 Å². The molecule has 0 unspecified atom stereocenters. The third-order valence-electron chi connectivity index (χ3n) is 6.49. The molecule has 10 nitrogen and oxygen atoms in total. The predicted octanol–water partition coefficient (Wildman–Crippen LogP) is 2.86. The van der Waals surface area contributed by atoms with Crippen LogP contribution >= 0.6 is 0 Å². The van der Waals surface area contributed by atoms with Crippen molar-refractivity contribution >= 4 is 17.6 Å². The van der Waals surface area contributed by atoms with Gasteiger partial charge in [0.05, 0.1) is 33.1 Å². The number of hydrogen-bond donors (Lipinski definition) is 4. The molecule has 200 valence electrons. The van der Waals surface area contributed by atoms with Crippen molar-refractivity contribution in [2.75, 3.05) is 33.2 Å². The van der Waals surface area contributed by atoms with Crippen molar-refractivity contribution < 1.29 is 28.9 Å². The Labute approximate surface area is 216 Å². The number of carboxylic acid groups (broad SMARTS) is 1. The number of carbonyl (C=O) groups excluding carboxylic acids is 1. The van der Waals surface area contributed by atoms with Crippen LogP contribution in [0.3, 0.4) is 0 Å². The summed E-state index contributed by atoms with van der Waals surface area (Å²) in [7, 11) is 4.65. The summed E-state index contributed by atoms with van der Waals surface area (Å²) in [5, 5.41) is 15.1. The Bertz CT molecular complexity index is 1220. The SMILES string of the molecule is COc1cc2c(c(OC)c1OC)-c1ccc(NCCCC[C@@H](N)C(=O)O)c(=O)cc1[C@@H](NC(C)=O)CC2. The van der Waals surface area contributed by atoms with Gasteiger partial charge >= 0.3 is 5.97 Å². The fraction of sp³-hybridized carbons (Fsp3) is 0.444. The number of unbranched alkanes of at least 4 members (excludes halogenated alkanes) is 1. The first-order chi connectivity index (χ1) is 17.7. The van der Waals surface area contributed by atoms with Crippen LogP contribution in [0.4, 0.5) is 5.69 Å². The zero-order valence-corrected chi connectivity index (χ0v) is 21.7. The Morgan fingerprint density at radius 1 is 1.11 bits per heavy atom. The molecule has 0 radical (unpaired) electrons. The van der Waals surface area contributed by atoms with Crippen molar-refractivity contribution in [1.82, 2.24) is 5.32 Å². The molecule has 2 atom stereocenters. The normalized spacial score (nSPS) is 14.9. The van der Waals surface area contributed by atoms with Crippen LogP contribution in [0.15, 0.2) is 29.1 Å². The van der Waals surface area contributed by atoms with Crippen LogP contribution in [0.1, 0.15) is 49.8 Å².